The highest BCUT2D eigenvalue weighted by Gasteiger charge is 2.50. The number of aromatic nitrogens is 2. The van der Waals surface area contributed by atoms with Gasteiger partial charge in [-0.15, -0.1) is 0 Å². The molecule has 1 aromatic heterocycles. The van der Waals surface area contributed by atoms with Crippen LogP contribution in [0.15, 0.2) is 54.9 Å². The second-order valence-electron chi connectivity index (χ2n) is 10.1. The summed E-state index contributed by atoms with van der Waals surface area (Å²) >= 11 is 0. The van der Waals surface area contributed by atoms with Gasteiger partial charge in [0.25, 0.3) is 11.7 Å². The molecule has 0 saturated carbocycles. The molecular weight excluding hydrogens is 478 g/mol. The van der Waals surface area contributed by atoms with Crippen molar-refractivity contribution in [2.75, 3.05) is 19.6 Å². The third kappa shape index (κ3) is 4.94. The van der Waals surface area contributed by atoms with Gasteiger partial charge in [-0.05, 0) is 65.3 Å². The Hall–Kier alpha value is -3.96. The molecule has 2 aliphatic rings. The SMILES string of the molecule is [C-]#[N+]c1ccc(C2(C3CCN(C(C)CCNC(=O)c4c(C)ncnc4C)CC3)Oc3ccccc3O2)cc1. The van der Waals surface area contributed by atoms with Crippen LogP contribution in [0, 0.1) is 26.3 Å². The maximum absolute atomic E-state index is 12.7. The van der Waals surface area contributed by atoms with Crippen LogP contribution >= 0.6 is 0 Å². The Kier molecular flexibility index (Phi) is 7.30. The molecule has 1 amide bonds. The minimum atomic E-state index is -0.902. The van der Waals surface area contributed by atoms with E-state index in [-0.39, 0.29) is 11.8 Å². The summed E-state index contributed by atoms with van der Waals surface area (Å²) in [5, 5.41) is 3.04. The van der Waals surface area contributed by atoms with Crippen LogP contribution in [0.25, 0.3) is 4.85 Å². The number of piperidine rings is 1. The van der Waals surface area contributed by atoms with Crippen molar-refractivity contribution in [3.05, 3.63) is 88.8 Å². The van der Waals surface area contributed by atoms with E-state index in [9.17, 15) is 4.79 Å². The predicted octanol–water partition coefficient (Wildman–Crippen LogP) is 5.19. The molecular formula is C30H33N5O3. The van der Waals surface area contributed by atoms with Gasteiger partial charge in [-0.2, -0.15) is 0 Å². The fourth-order valence-electron chi connectivity index (χ4n) is 5.56. The van der Waals surface area contributed by atoms with E-state index in [2.05, 4.69) is 32.0 Å². The van der Waals surface area contributed by atoms with Crippen molar-refractivity contribution in [3.8, 4) is 11.5 Å². The average Bonchev–Trinajstić information content (AvgIpc) is 3.34. The summed E-state index contributed by atoms with van der Waals surface area (Å²) in [6.07, 6.45) is 4.16. The van der Waals surface area contributed by atoms with E-state index >= 15 is 0 Å². The molecule has 8 heteroatoms. The van der Waals surface area contributed by atoms with Crippen LogP contribution in [-0.2, 0) is 5.79 Å². The highest BCUT2D eigenvalue weighted by molar-refractivity contribution is 5.96. The number of fused-ring (bicyclic) bond motifs is 1. The largest absolute Gasteiger partial charge is 0.444 e. The van der Waals surface area contributed by atoms with Gasteiger partial charge in [0.05, 0.1) is 23.5 Å². The minimum Gasteiger partial charge on any atom is -0.444 e. The predicted molar refractivity (Wildman–Crippen MR) is 144 cm³/mol. The molecule has 1 unspecified atom stereocenters. The summed E-state index contributed by atoms with van der Waals surface area (Å²) in [5.41, 5.74) is 3.49. The maximum Gasteiger partial charge on any atom is 0.281 e. The lowest BCUT2D eigenvalue weighted by Crippen LogP contribution is -2.50. The molecule has 8 nitrogen and oxygen atoms in total. The highest BCUT2D eigenvalue weighted by atomic mass is 16.7. The van der Waals surface area contributed by atoms with E-state index in [0.29, 0.717) is 35.2 Å². The molecule has 1 fully saturated rings. The number of nitrogens with zero attached hydrogens (tertiary/aromatic N) is 4. The first-order chi connectivity index (χ1) is 18.4. The van der Waals surface area contributed by atoms with E-state index in [1.807, 2.05) is 62.4 Å². The molecule has 1 saturated heterocycles. The molecule has 3 aromatic rings. The number of hydrogen-bond acceptors (Lipinski definition) is 6. The number of carbonyl (C=O) groups is 1. The van der Waals surface area contributed by atoms with Crippen LogP contribution in [0.5, 0.6) is 11.5 Å². The van der Waals surface area contributed by atoms with Gasteiger partial charge in [-0.3, -0.25) is 4.79 Å². The minimum absolute atomic E-state index is 0.118. The normalized spacial score (nSPS) is 17.5. The van der Waals surface area contributed by atoms with Gasteiger partial charge in [0, 0.05) is 24.1 Å². The lowest BCUT2D eigenvalue weighted by atomic mass is 9.83. The molecule has 0 spiro atoms. The number of ether oxygens (including phenoxy) is 2. The number of hydrogen-bond donors (Lipinski definition) is 1. The van der Waals surface area contributed by atoms with E-state index in [0.717, 1.165) is 49.4 Å². The van der Waals surface area contributed by atoms with Gasteiger partial charge in [0.1, 0.15) is 6.33 Å². The molecule has 3 heterocycles. The Morgan fingerprint density at radius 3 is 2.26 bits per heavy atom. The molecule has 0 radical (unpaired) electrons. The summed E-state index contributed by atoms with van der Waals surface area (Å²) in [5.74, 6) is 0.639. The molecule has 5 rings (SSSR count). The number of para-hydroxylation sites is 2. The summed E-state index contributed by atoms with van der Waals surface area (Å²) < 4.78 is 13.1. The van der Waals surface area contributed by atoms with Gasteiger partial charge < -0.3 is 19.7 Å². The van der Waals surface area contributed by atoms with Crippen molar-refractivity contribution in [1.82, 2.24) is 20.2 Å². The number of amides is 1. The maximum atomic E-state index is 12.7. The molecule has 2 aromatic carbocycles. The van der Waals surface area contributed by atoms with Crippen molar-refractivity contribution in [1.29, 1.82) is 0 Å². The third-order valence-electron chi connectivity index (χ3n) is 7.76. The van der Waals surface area contributed by atoms with Crippen LogP contribution in [0.1, 0.15) is 53.5 Å². The van der Waals surface area contributed by atoms with Crippen LogP contribution in [0.4, 0.5) is 5.69 Å². The number of carbonyl (C=O) groups excluding carboxylic acids is 1. The fourth-order valence-corrected chi connectivity index (χ4v) is 5.56. The van der Waals surface area contributed by atoms with E-state index < -0.39 is 5.79 Å². The van der Waals surface area contributed by atoms with Crippen molar-refractivity contribution in [2.45, 2.75) is 51.9 Å². The Bertz CT molecular complexity index is 1300. The average molecular weight is 512 g/mol. The quantitative estimate of drug-likeness (QED) is 0.440. The molecule has 38 heavy (non-hydrogen) atoms. The topological polar surface area (TPSA) is 80.9 Å². The van der Waals surface area contributed by atoms with Gasteiger partial charge in [-0.25, -0.2) is 14.8 Å². The summed E-state index contributed by atoms with van der Waals surface area (Å²) in [4.78, 5) is 27.0. The molecule has 0 bridgehead atoms. The van der Waals surface area contributed by atoms with Gasteiger partial charge >= 0.3 is 0 Å². The lowest BCUT2D eigenvalue weighted by molar-refractivity contribution is -0.149. The van der Waals surface area contributed by atoms with Gasteiger partial charge in [0.15, 0.2) is 17.2 Å². The van der Waals surface area contributed by atoms with Crippen LogP contribution in [-0.4, -0.2) is 46.5 Å². The van der Waals surface area contributed by atoms with Crippen LogP contribution in [0.2, 0.25) is 0 Å². The first-order valence-corrected chi connectivity index (χ1v) is 13.2. The zero-order valence-electron chi connectivity index (χ0n) is 22.1. The number of aryl methyl sites for hydroxylation is 2. The summed E-state index contributed by atoms with van der Waals surface area (Å²) in [6.45, 7) is 15.6. The highest BCUT2D eigenvalue weighted by Crippen LogP contribution is 2.50. The lowest BCUT2D eigenvalue weighted by Gasteiger charge is -2.42. The monoisotopic (exact) mass is 511 g/mol. The number of likely N-dealkylation sites (tertiary alicyclic amines) is 1. The Balaban J connectivity index is 1.21. The number of rotatable bonds is 7. The van der Waals surface area contributed by atoms with Gasteiger partial charge in [-0.1, -0.05) is 36.4 Å². The second-order valence-corrected chi connectivity index (χ2v) is 10.1. The first-order valence-electron chi connectivity index (χ1n) is 13.2. The van der Waals surface area contributed by atoms with Crippen molar-refractivity contribution in [2.24, 2.45) is 5.92 Å². The van der Waals surface area contributed by atoms with Crippen molar-refractivity contribution < 1.29 is 14.3 Å². The standard InChI is InChI=1S/C30H33N5O3/c1-20(13-16-32-29(36)28-21(2)33-19-34-22(28)3)35-17-14-24(15-18-35)30(23-9-11-25(31-4)12-10-23)37-26-7-5-6-8-27(26)38-30/h5-12,19-20,24H,13-18H2,1-3H3,(H,32,36). The smallest absolute Gasteiger partial charge is 0.281 e. The van der Waals surface area contributed by atoms with Gasteiger partial charge in [0.2, 0.25) is 0 Å². The zero-order valence-corrected chi connectivity index (χ0v) is 22.1. The van der Waals surface area contributed by atoms with Crippen LogP contribution < -0.4 is 14.8 Å². The Morgan fingerprint density at radius 1 is 1.08 bits per heavy atom. The molecule has 1 atom stereocenters. The number of benzene rings is 2. The first kappa shape index (κ1) is 25.7. The zero-order chi connectivity index (χ0) is 26.7. The summed E-state index contributed by atoms with van der Waals surface area (Å²) in [6, 6.07) is 15.7. The van der Waals surface area contributed by atoms with E-state index in [1.165, 1.54) is 6.33 Å². The van der Waals surface area contributed by atoms with Crippen molar-refractivity contribution >= 4 is 11.6 Å². The Morgan fingerprint density at radius 2 is 1.68 bits per heavy atom. The Labute approximate surface area is 223 Å². The fraction of sp³-hybridized carbons (Fsp3) is 0.400. The summed E-state index contributed by atoms with van der Waals surface area (Å²) in [7, 11) is 0. The molecule has 196 valence electrons. The molecule has 1 N–H and O–H groups in total. The number of nitrogens with one attached hydrogen (secondary N) is 1. The third-order valence-corrected chi connectivity index (χ3v) is 7.76. The van der Waals surface area contributed by atoms with E-state index in [4.69, 9.17) is 16.0 Å². The second kappa shape index (κ2) is 10.8. The molecule has 0 aliphatic carbocycles. The van der Waals surface area contributed by atoms with E-state index in [1.54, 1.807) is 0 Å². The van der Waals surface area contributed by atoms with Crippen LogP contribution in [0.3, 0.4) is 0 Å². The molecule has 2 aliphatic heterocycles. The van der Waals surface area contributed by atoms with Crippen molar-refractivity contribution in [3.63, 3.8) is 0 Å².